The Kier molecular flexibility index (Phi) is 6.04. The molecule has 1 N–H and O–H groups in total. The van der Waals surface area contributed by atoms with E-state index in [1.54, 1.807) is 0 Å². The summed E-state index contributed by atoms with van der Waals surface area (Å²) >= 11 is 2.14. The summed E-state index contributed by atoms with van der Waals surface area (Å²) in [6.45, 7) is 9.69. The summed E-state index contributed by atoms with van der Waals surface area (Å²) < 4.78 is 0.582. The van der Waals surface area contributed by atoms with Gasteiger partial charge in [-0.05, 0) is 44.5 Å². The van der Waals surface area contributed by atoms with Crippen molar-refractivity contribution in [1.82, 2.24) is 10.2 Å². The lowest BCUT2D eigenvalue weighted by Crippen LogP contribution is -2.41. The third-order valence-corrected chi connectivity index (χ3v) is 6.30. The Labute approximate surface area is 124 Å². The van der Waals surface area contributed by atoms with Gasteiger partial charge < -0.3 is 10.2 Å². The van der Waals surface area contributed by atoms with Gasteiger partial charge in [0.15, 0.2) is 0 Å². The zero-order valence-corrected chi connectivity index (χ0v) is 13.9. The average molecular weight is 285 g/mol. The smallest absolute Gasteiger partial charge is 0.0284 e. The lowest BCUT2D eigenvalue weighted by atomic mass is 9.88. The van der Waals surface area contributed by atoms with Gasteiger partial charge >= 0.3 is 0 Å². The zero-order valence-electron chi connectivity index (χ0n) is 13.1. The Bertz CT molecular complexity index is 261. The molecule has 1 saturated carbocycles. The maximum atomic E-state index is 3.60. The normalized spacial score (nSPS) is 28.1. The Balaban J connectivity index is 1.77. The van der Waals surface area contributed by atoms with Gasteiger partial charge in [-0.2, -0.15) is 11.8 Å². The topological polar surface area (TPSA) is 15.3 Å². The third-order valence-electron chi connectivity index (χ3n) is 4.89. The van der Waals surface area contributed by atoms with Crippen LogP contribution in [0.5, 0.6) is 0 Å². The van der Waals surface area contributed by atoms with Crippen LogP contribution < -0.4 is 5.32 Å². The highest BCUT2D eigenvalue weighted by Gasteiger charge is 2.35. The van der Waals surface area contributed by atoms with E-state index < -0.39 is 0 Å². The van der Waals surface area contributed by atoms with Crippen molar-refractivity contribution in [2.45, 2.75) is 63.2 Å². The van der Waals surface area contributed by atoms with E-state index in [0.29, 0.717) is 10.8 Å². The Morgan fingerprint density at radius 3 is 2.63 bits per heavy atom. The quantitative estimate of drug-likeness (QED) is 0.805. The summed E-state index contributed by atoms with van der Waals surface area (Å²) in [5, 5.41) is 3.60. The zero-order chi connectivity index (χ0) is 13.7. The standard InChI is InChI=1S/C16H32N2S/c1-14(2)17-11-15-7-10-18(12-15)13-16(19-3)8-5-4-6-9-16/h14-15,17H,4-13H2,1-3H3. The van der Waals surface area contributed by atoms with Crippen molar-refractivity contribution in [1.29, 1.82) is 0 Å². The first-order valence-electron chi connectivity index (χ1n) is 8.14. The molecule has 1 heterocycles. The van der Waals surface area contributed by atoms with Crippen molar-refractivity contribution >= 4 is 11.8 Å². The molecule has 1 atom stereocenters. The van der Waals surface area contributed by atoms with Crippen LogP contribution in [0.15, 0.2) is 0 Å². The summed E-state index contributed by atoms with van der Waals surface area (Å²) in [5.41, 5.74) is 0. The molecular formula is C16H32N2S. The van der Waals surface area contributed by atoms with Crippen LogP contribution in [0.3, 0.4) is 0 Å². The minimum absolute atomic E-state index is 0.582. The highest BCUT2D eigenvalue weighted by molar-refractivity contribution is 8.00. The highest BCUT2D eigenvalue weighted by Crippen LogP contribution is 2.39. The van der Waals surface area contributed by atoms with Crippen LogP contribution in [0.2, 0.25) is 0 Å². The first-order valence-corrected chi connectivity index (χ1v) is 9.37. The number of thioether (sulfide) groups is 1. The van der Waals surface area contributed by atoms with Gasteiger partial charge in [-0.1, -0.05) is 33.1 Å². The summed E-state index contributed by atoms with van der Waals surface area (Å²) in [6.07, 6.45) is 11.0. The van der Waals surface area contributed by atoms with E-state index in [9.17, 15) is 0 Å². The molecule has 3 heteroatoms. The fourth-order valence-electron chi connectivity index (χ4n) is 3.66. The van der Waals surface area contributed by atoms with E-state index in [4.69, 9.17) is 0 Å². The van der Waals surface area contributed by atoms with Crippen LogP contribution in [-0.2, 0) is 0 Å². The summed E-state index contributed by atoms with van der Waals surface area (Å²) in [6, 6.07) is 0.630. The van der Waals surface area contributed by atoms with Crippen LogP contribution in [0.4, 0.5) is 0 Å². The molecule has 1 unspecified atom stereocenters. The van der Waals surface area contributed by atoms with Crippen molar-refractivity contribution in [2.24, 2.45) is 5.92 Å². The summed E-state index contributed by atoms with van der Waals surface area (Å²) in [4.78, 5) is 2.74. The van der Waals surface area contributed by atoms with Gasteiger partial charge in [0.25, 0.3) is 0 Å². The predicted molar refractivity (Wildman–Crippen MR) is 87.0 cm³/mol. The number of nitrogens with one attached hydrogen (secondary N) is 1. The Morgan fingerprint density at radius 2 is 2.00 bits per heavy atom. The molecular weight excluding hydrogens is 252 g/mol. The minimum atomic E-state index is 0.582. The second-order valence-corrected chi connectivity index (χ2v) is 8.17. The molecule has 2 nitrogen and oxygen atoms in total. The van der Waals surface area contributed by atoms with Gasteiger partial charge in [-0.3, -0.25) is 0 Å². The van der Waals surface area contributed by atoms with Gasteiger partial charge in [0, 0.05) is 23.9 Å². The molecule has 0 aromatic carbocycles. The SMILES string of the molecule is CSC1(CN2CCC(CNC(C)C)C2)CCCCC1. The molecule has 1 aliphatic carbocycles. The van der Waals surface area contributed by atoms with Crippen molar-refractivity contribution < 1.29 is 0 Å². The second-order valence-electron chi connectivity index (χ2n) is 6.90. The van der Waals surface area contributed by atoms with Crippen LogP contribution in [0.1, 0.15) is 52.4 Å². The van der Waals surface area contributed by atoms with Crippen molar-refractivity contribution in [3.8, 4) is 0 Å². The highest BCUT2D eigenvalue weighted by atomic mass is 32.2. The lowest BCUT2D eigenvalue weighted by Gasteiger charge is -2.39. The fraction of sp³-hybridized carbons (Fsp3) is 1.00. The van der Waals surface area contributed by atoms with Crippen molar-refractivity contribution in [3.63, 3.8) is 0 Å². The average Bonchev–Trinajstić information content (AvgIpc) is 2.85. The van der Waals surface area contributed by atoms with Gasteiger partial charge in [-0.15, -0.1) is 0 Å². The molecule has 19 heavy (non-hydrogen) atoms. The third kappa shape index (κ3) is 4.64. The number of likely N-dealkylation sites (tertiary alicyclic amines) is 1. The van der Waals surface area contributed by atoms with Gasteiger partial charge in [0.1, 0.15) is 0 Å². The maximum absolute atomic E-state index is 3.60. The number of rotatable bonds is 6. The molecule has 1 saturated heterocycles. The van der Waals surface area contributed by atoms with Crippen molar-refractivity contribution in [2.75, 3.05) is 32.4 Å². The number of hydrogen-bond acceptors (Lipinski definition) is 3. The van der Waals surface area contributed by atoms with Crippen LogP contribution in [0.25, 0.3) is 0 Å². The van der Waals surface area contributed by atoms with E-state index in [2.05, 4.69) is 42.1 Å². The molecule has 2 fully saturated rings. The number of nitrogens with zero attached hydrogens (tertiary/aromatic N) is 1. The fourth-order valence-corrected chi connectivity index (χ4v) is 4.66. The summed E-state index contributed by atoms with van der Waals surface area (Å²) in [7, 11) is 0. The van der Waals surface area contributed by atoms with Crippen LogP contribution >= 0.6 is 11.8 Å². The molecule has 0 aromatic heterocycles. The molecule has 0 bridgehead atoms. The van der Waals surface area contributed by atoms with Gasteiger partial charge in [0.2, 0.25) is 0 Å². The van der Waals surface area contributed by atoms with Gasteiger partial charge in [-0.25, -0.2) is 0 Å². The Hall–Kier alpha value is 0.270. The molecule has 2 aliphatic rings. The molecule has 0 amide bonds. The molecule has 2 rings (SSSR count). The van der Waals surface area contributed by atoms with E-state index >= 15 is 0 Å². The minimum Gasteiger partial charge on any atom is -0.314 e. The van der Waals surface area contributed by atoms with Gasteiger partial charge in [0.05, 0.1) is 0 Å². The number of hydrogen-bond donors (Lipinski definition) is 1. The van der Waals surface area contributed by atoms with E-state index in [-0.39, 0.29) is 0 Å². The Morgan fingerprint density at radius 1 is 1.26 bits per heavy atom. The second kappa shape index (κ2) is 7.33. The monoisotopic (exact) mass is 284 g/mol. The lowest BCUT2D eigenvalue weighted by molar-refractivity contribution is 0.250. The molecule has 1 aliphatic heterocycles. The van der Waals surface area contributed by atoms with Crippen LogP contribution in [0, 0.1) is 5.92 Å². The first-order chi connectivity index (χ1) is 9.13. The van der Waals surface area contributed by atoms with Crippen LogP contribution in [-0.4, -0.2) is 48.1 Å². The van der Waals surface area contributed by atoms with Crippen molar-refractivity contribution in [3.05, 3.63) is 0 Å². The predicted octanol–water partition coefficient (Wildman–Crippen LogP) is 3.37. The molecule has 0 spiro atoms. The van der Waals surface area contributed by atoms with E-state index in [0.717, 1.165) is 5.92 Å². The van der Waals surface area contributed by atoms with E-state index in [1.807, 2.05) is 0 Å². The first kappa shape index (κ1) is 15.7. The summed E-state index contributed by atoms with van der Waals surface area (Å²) in [5.74, 6) is 0.880. The maximum Gasteiger partial charge on any atom is 0.0284 e. The molecule has 0 aromatic rings. The van der Waals surface area contributed by atoms with E-state index in [1.165, 1.54) is 64.7 Å². The molecule has 112 valence electrons. The largest absolute Gasteiger partial charge is 0.314 e. The molecule has 0 radical (unpaired) electrons.